The number of rotatable bonds is 5. The molecule has 0 saturated carbocycles. The van der Waals surface area contributed by atoms with E-state index in [4.69, 9.17) is 21.1 Å². The number of amides is 2. The van der Waals surface area contributed by atoms with E-state index < -0.39 is 52.9 Å². The van der Waals surface area contributed by atoms with Crippen molar-refractivity contribution in [3.05, 3.63) is 52.6 Å². The lowest BCUT2D eigenvalue weighted by molar-refractivity contribution is -0.261. The molecule has 1 aromatic carbocycles. The highest BCUT2D eigenvalue weighted by Crippen LogP contribution is 2.52. The highest BCUT2D eigenvalue weighted by atomic mass is 35.5. The Hall–Kier alpha value is -2.92. The summed E-state index contributed by atoms with van der Waals surface area (Å²) in [6, 6.07) is 4.83. The van der Waals surface area contributed by atoms with Gasteiger partial charge in [-0.25, -0.2) is 4.39 Å². The molecule has 3 atom stereocenters. The van der Waals surface area contributed by atoms with Gasteiger partial charge in [0.2, 0.25) is 0 Å². The number of pyridine rings is 1. The predicted octanol–water partition coefficient (Wildman–Crippen LogP) is 4.07. The Balaban J connectivity index is 2.00. The van der Waals surface area contributed by atoms with Gasteiger partial charge in [0.1, 0.15) is 28.4 Å². The van der Waals surface area contributed by atoms with E-state index in [-0.39, 0.29) is 22.7 Å². The van der Waals surface area contributed by atoms with Crippen LogP contribution in [0.4, 0.5) is 23.2 Å². The summed E-state index contributed by atoms with van der Waals surface area (Å²) in [5.41, 5.74) is -2.44. The Morgan fingerprint density at radius 1 is 1.30 bits per heavy atom. The Morgan fingerprint density at radius 3 is 2.61 bits per heavy atom. The molecule has 0 aliphatic carbocycles. The van der Waals surface area contributed by atoms with E-state index in [9.17, 15) is 27.2 Å². The zero-order chi connectivity index (χ0) is 24.6. The fourth-order valence-electron chi connectivity index (χ4n) is 3.65. The molecule has 7 nitrogen and oxygen atoms in total. The number of methoxy groups -OCH3 is 1. The Bertz CT molecular complexity index is 1080. The Morgan fingerprint density at radius 2 is 2.00 bits per heavy atom. The molecule has 1 aliphatic heterocycles. The van der Waals surface area contributed by atoms with Crippen molar-refractivity contribution in [1.82, 2.24) is 10.3 Å². The van der Waals surface area contributed by atoms with Gasteiger partial charge in [0.25, 0.3) is 11.8 Å². The summed E-state index contributed by atoms with van der Waals surface area (Å²) in [6.45, 7) is 0.834. The lowest BCUT2D eigenvalue weighted by Crippen LogP contribution is -2.43. The van der Waals surface area contributed by atoms with Crippen LogP contribution in [0.5, 0.6) is 5.75 Å². The minimum Gasteiger partial charge on any atom is -0.495 e. The lowest BCUT2D eigenvalue weighted by Gasteiger charge is -2.27. The van der Waals surface area contributed by atoms with Crippen LogP contribution in [0.3, 0.4) is 0 Å². The third-order valence-electron chi connectivity index (χ3n) is 5.39. The number of alkyl halides is 3. The topological polar surface area (TPSA) is 89.6 Å². The number of benzene rings is 1. The number of anilines is 1. The van der Waals surface area contributed by atoms with Crippen LogP contribution >= 0.6 is 11.6 Å². The molecule has 0 unspecified atom stereocenters. The number of halogens is 5. The molecule has 2 heterocycles. The molecule has 178 valence electrons. The van der Waals surface area contributed by atoms with E-state index in [0.29, 0.717) is 0 Å². The van der Waals surface area contributed by atoms with Crippen LogP contribution in [0.1, 0.15) is 35.3 Å². The number of hydrogen-bond acceptors (Lipinski definition) is 5. The number of carbonyl (C=O) groups is 2. The maximum Gasteiger partial charge on any atom is 0.417 e. The van der Waals surface area contributed by atoms with Crippen molar-refractivity contribution in [1.29, 1.82) is 0 Å². The normalized spacial score (nSPS) is 22.7. The summed E-state index contributed by atoms with van der Waals surface area (Å²) in [7, 11) is 2.58. The van der Waals surface area contributed by atoms with Gasteiger partial charge in [0, 0.05) is 30.4 Å². The van der Waals surface area contributed by atoms with E-state index >= 15 is 0 Å². The van der Waals surface area contributed by atoms with Gasteiger partial charge in [-0.2, -0.15) is 13.2 Å². The zero-order valence-electron chi connectivity index (χ0n) is 17.7. The maximum absolute atomic E-state index is 13.9. The smallest absolute Gasteiger partial charge is 0.417 e. The van der Waals surface area contributed by atoms with Crippen LogP contribution < -0.4 is 15.4 Å². The molecular formula is C21H20ClF4N3O4. The van der Waals surface area contributed by atoms with Gasteiger partial charge >= 0.3 is 6.18 Å². The molecule has 0 bridgehead atoms. The molecule has 1 aromatic heterocycles. The van der Waals surface area contributed by atoms with Crippen molar-refractivity contribution >= 4 is 29.1 Å². The first kappa shape index (κ1) is 24.7. The fraction of sp³-hybridized carbons (Fsp3) is 0.381. The summed E-state index contributed by atoms with van der Waals surface area (Å²) >= 11 is 5.95. The molecule has 2 amide bonds. The minimum atomic E-state index is -4.79. The molecular weight excluding hydrogens is 470 g/mol. The number of ether oxygens (including phenoxy) is 2. The van der Waals surface area contributed by atoms with E-state index in [1.54, 1.807) is 0 Å². The van der Waals surface area contributed by atoms with Crippen molar-refractivity contribution in [2.24, 2.45) is 0 Å². The Labute approximate surface area is 191 Å². The molecule has 2 aromatic rings. The number of hydrogen-bond donors (Lipinski definition) is 2. The van der Waals surface area contributed by atoms with Crippen LogP contribution in [0.25, 0.3) is 0 Å². The van der Waals surface area contributed by atoms with Crippen LogP contribution in [0.15, 0.2) is 30.5 Å². The SMILES string of the molecule is CNC(=O)c1cc(NC(=O)[C@@H]2O[C@](C)(C(F)(F)F)C[C@H]2c2ccc(F)c(Cl)c2OC)ccn1. The highest BCUT2D eigenvalue weighted by molar-refractivity contribution is 6.32. The number of nitrogens with zero attached hydrogens (tertiary/aromatic N) is 1. The van der Waals surface area contributed by atoms with Crippen molar-refractivity contribution in [2.45, 2.75) is 37.1 Å². The monoisotopic (exact) mass is 489 g/mol. The number of aromatic nitrogens is 1. The highest BCUT2D eigenvalue weighted by Gasteiger charge is 2.61. The van der Waals surface area contributed by atoms with E-state index in [2.05, 4.69) is 15.6 Å². The second kappa shape index (κ2) is 9.14. The van der Waals surface area contributed by atoms with Crippen molar-refractivity contribution < 1.29 is 36.6 Å². The second-order valence-corrected chi connectivity index (χ2v) is 7.94. The molecule has 12 heteroatoms. The minimum absolute atomic E-state index is 0.00805. The van der Waals surface area contributed by atoms with Crippen LogP contribution in [0.2, 0.25) is 5.02 Å². The average Bonchev–Trinajstić information content (AvgIpc) is 3.14. The van der Waals surface area contributed by atoms with Gasteiger partial charge in [-0.1, -0.05) is 17.7 Å². The predicted molar refractivity (Wildman–Crippen MR) is 111 cm³/mol. The first-order valence-corrected chi connectivity index (χ1v) is 10.0. The molecule has 2 N–H and O–H groups in total. The first-order valence-electron chi connectivity index (χ1n) is 9.67. The Kier molecular flexibility index (Phi) is 6.85. The van der Waals surface area contributed by atoms with Gasteiger partial charge in [0.15, 0.2) is 5.60 Å². The number of carbonyl (C=O) groups excluding carboxylic acids is 2. The summed E-state index contributed by atoms with van der Waals surface area (Å²) in [5, 5.41) is 4.41. The standard InChI is InChI=1S/C21H20ClF4N3O4/c1-20(21(24,25)26)9-12(11-4-5-13(23)15(22)16(11)32-3)17(33-20)19(31)29-10-6-7-28-14(8-10)18(30)27-2/h4-8,12,17H,9H2,1-3H3,(H,27,30)(H,28,29,31)/t12-,17+,20-/m0/s1. The molecule has 0 spiro atoms. The third-order valence-corrected chi connectivity index (χ3v) is 5.74. The summed E-state index contributed by atoms with van der Waals surface area (Å²) < 4.78 is 65.6. The quantitative estimate of drug-likeness (QED) is 0.618. The van der Waals surface area contributed by atoms with Crippen LogP contribution in [-0.2, 0) is 9.53 Å². The zero-order valence-corrected chi connectivity index (χ0v) is 18.5. The molecule has 1 saturated heterocycles. The van der Waals surface area contributed by atoms with Crippen LogP contribution in [-0.4, -0.2) is 48.8 Å². The lowest BCUT2D eigenvalue weighted by atomic mass is 9.86. The van der Waals surface area contributed by atoms with E-state index in [0.717, 1.165) is 13.0 Å². The van der Waals surface area contributed by atoms with Gasteiger partial charge < -0.3 is 20.1 Å². The van der Waals surface area contributed by atoms with E-state index in [1.165, 1.54) is 38.6 Å². The summed E-state index contributed by atoms with van der Waals surface area (Å²) in [6.07, 6.45) is -5.79. The molecule has 1 aliphatic rings. The molecule has 1 fully saturated rings. The second-order valence-electron chi connectivity index (χ2n) is 7.56. The maximum atomic E-state index is 13.9. The van der Waals surface area contributed by atoms with E-state index in [1.807, 2.05) is 0 Å². The average molecular weight is 490 g/mol. The van der Waals surface area contributed by atoms with Crippen molar-refractivity contribution in [2.75, 3.05) is 19.5 Å². The van der Waals surface area contributed by atoms with Gasteiger partial charge in [0.05, 0.1) is 7.11 Å². The molecule has 3 rings (SSSR count). The molecule has 0 radical (unpaired) electrons. The fourth-order valence-corrected chi connectivity index (χ4v) is 3.90. The van der Waals surface area contributed by atoms with Crippen molar-refractivity contribution in [3.8, 4) is 5.75 Å². The molecule has 33 heavy (non-hydrogen) atoms. The van der Waals surface area contributed by atoms with Gasteiger partial charge in [-0.3, -0.25) is 14.6 Å². The van der Waals surface area contributed by atoms with Gasteiger partial charge in [-0.15, -0.1) is 0 Å². The van der Waals surface area contributed by atoms with Gasteiger partial charge in [-0.05, 0) is 31.5 Å². The summed E-state index contributed by atoms with van der Waals surface area (Å²) in [5.74, 6) is -3.58. The number of nitrogens with one attached hydrogen (secondary N) is 2. The first-order chi connectivity index (χ1) is 15.4. The largest absolute Gasteiger partial charge is 0.495 e. The van der Waals surface area contributed by atoms with Crippen molar-refractivity contribution in [3.63, 3.8) is 0 Å². The van der Waals surface area contributed by atoms with Crippen LogP contribution in [0, 0.1) is 5.82 Å². The summed E-state index contributed by atoms with van der Waals surface area (Å²) in [4.78, 5) is 28.7. The third kappa shape index (κ3) is 4.74.